The second-order valence-corrected chi connectivity index (χ2v) is 7.88. The van der Waals surface area contributed by atoms with E-state index in [1.54, 1.807) is 6.20 Å². The van der Waals surface area contributed by atoms with Gasteiger partial charge in [-0.25, -0.2) is 23.4 Å². The van der Waals surface area contributed by atoms with Crippen LogP contribution in [0.4, 0.5) is 14.6 Å². The smallest absolute Gasteiger partial charge is 0.137 e. The molecule has 31 heavy (non-hydrogen) atoms. The Labute approximate surface area is 180 Å². The maximum absolute atomic E-state index is 14.8. The van der Waals surface area contributed by atoms with Crippen molar-refractivity contribution < 1.29 is 13.9 Å². The van der Waals surface area contributed by atoms with Gasteiger partial charge in [-0.2, -0.15) is 5.10 Å². The number of nitrogens with zero attached hydrogens (tertiary/aromatic N) is 6. The van der Waals surface area contributed by atoms with Crippen molar-refractivity contribution in [3.8, 4) is 0 Å². The van der Waals surface area contributed by atoms with Crippen LogP contribution in [0, 0.1) is 11.6 Å². The van der Waals surface area contributed by atoms with E-state index in [9.17, 15) is 13.9 Å². The van der Waals surface area contributed by atoms with Gasteiger partial charge in [-0.1, -0.05) is 12.1 Å². The molecule has 0 saturated carbocycles. The van der Waals surface area contributed by atoms with E-state index in [1.165, 1.54) is 29.5 Å². The Hall–Kier alpha value is -2.91. The van der Waals surface area contributed by atoms with Crippen LogP contribution in [0.5, 0.6) is 0 Å². The van der Waals surface area contributed by atoms with E-state index >= 15 is 0 Å². The number of hydrogen-bond acceptors (Lipinski definition) is 6. The molecule has 2 atom stereocenters. The lowest BCUT2D eigenvalue weighted by Gasteiger charge is -2.41. The summed E-state index contributed by atoms with van der Waals surface area (Å²) in [6.45, 7) is 4.83. The lowest BCUT2D eigenvalue weighted by molar-refractivity contribution is -0.0622. The summed E-state index contributed by atoms with van der Waals surface area (Å²) in [5, 5.41) is 15.9. The van der Waals surface area contributed by atoms with Gasteiger partial charge in [0.15, 0.2) is 0 Å². The topological polar surface area (TPSA) is 70.3 Å². The number of halogens is 2. The normalized spacial score (nSPS) is 18.4. The van der Waals surface area contributed by atoms with Crippen LogP contribution in [-0.2, 0) is 12.1 Å². The highest BCUT2D eigenvalue weighted by molar-refractivity contribution is 5.37. The Kier molecular flexibility index (Phi) is 6.24. The SMILES string of the molecule is C[C@@H](N1CCCN(c2ccccn2)CC1)[C@](O)(Cn1cncn1)c1ccc(F)cc1F. The molecule has 9 heteroatoms. The highest BCUT2D eigenvalue weighted by Gasteiger charge is 2.42. The average Bonchev–Trinajstić information content (AvgIpc) is 3.14. The van der Waals surface area contributed by atoms with Gasteiger partial charge in [-0.05, 0) is 31.5 Å². The van der Waals surface area contributed by atoms with Crippen LogP contribution >= 0.6 is 0 Å². The van der Waals surface area contributed by atoms with Crippen molar-refractivity contribution in [1.82, 2.24) is 24.6 Å². The largest absolute Gasteiger partial charge is 0.381 e. The fourth-order valence-corrected chi connectivity index (χ4v) is 4.24. The second-order valence-electron chi connectivity index (χ2n) is 7.88. The van der Waals surface area contributed by atoms with Crippen molar-refractivity contribution >= 4 is 5.82 Å². The van der Waals surface area contributed by atoms with Crippen molar-refractivity contribution in [2.75, 3.05) is 31.1 Å². The van der Waals surface area contributed by atoms with Gasteiger partial charge >= 0.3 is 0 Å². The highest BCUT2D eigenvalue weighted by Crippen LogP contribution is 2.33. The standard InChI is InChI=1S/C22H26F2N6O/c1-17(28-9-4-10-29(12-11-28)21-5-2-3-8-26-21)22(31,14-30-16-25-15-27-30)19-7-6-18(23)13-20(19)24/h2-3,5-8,13,15-17,31H,4,9-12,14H2,1H3/t17-,22-/m1/s1. The first-order valence-corrected chi connectivity index (χ1v) is 10.4. The molecule has 3 heterocycles. The summed E-state index contributed by atoms with van der Waals surface area (Å²) in [5.41, 5.74) is -1.59. The Morgan fingerprint density at radius 3 is 2.71 bits per heavy atom. The van der Waals surface area contributed by atoms with E-state index in [2.05, 4.69) is 24.9 Å². The molecule has 0 bridgehead atoms. The lowest BCUT2D eigenvalue weighted by atomic mass is 9.85. The molecular weight excluding hydrogens is 402 g/mol. The zero-order chi connectivity index (χ0) is 21.8. The predicted octanol–water partition coefficient (Wildman–Crippen LogP) is 2.44. The molecule has 7 nitrogen and oxygen atoms in total. The molecular formula is C22H26F2N6O. The quantitative estimate of drug-likeness (QED) is 0.650. The van der Waals surface area contributed by atoms with Crippen LogP contribution in [0.2, 0.25) is 0 Å². The van der Waals surface area contributed by atoms with Gasteiger partial charge in [0.1, 0.15) is 35.7 Å². The molecule has 0 spiro atoms. The molecule has 3 aromatic rings. The highest BCUT2D eigenvalue weighted by atomic mass is 19.1. The van der Waals surface area contributed by atoms with E-state index in [1.807, 2.05) is 25.1 Å². The fraction of sp³-hybridized carbons (Fsp3) is 0.409. The fourth-order valence-electron chi connectivity index (χ4n) is 4.24. The van der Waals surface area contributed by atoms with Gasteiger partial charge in [0.2, 0.25) is 0 Å². The molecule has 4 rings (SSSR count). The Balaban J connectivity index is 1.60. The first-order valence-electron chi connectivity index (χ1n) is 10.4. The molecule has 1 aliphatic rings. The maximum atomic E-state index is 14.8. The van der Waals surface area contributed by atoms with Crippen LogP contribution in [-0.4, -0.2) is 62.0 Å². The molecule has 1 aromatic carbocycles. The molecule has 2 aromatic heterocycles. The minimum Gasteiger partial charge on any atom is -0.381 e. The lowest BCUT2D eigenvalue weighted by Crippen LogP contribution is -2.53. The number of anilines is 1. The zero-order valence-electron chi connectivity index (χ0n) is 17.4. The first kappa shape index (κ1) is 21.3. The van der Waals surface area contributed by atoms with Crippen molar-refractivity contribution in [3.05, 3.63) is 72.4 Å². The van der Waals surface area contributed by atoms with Crippen molar-refractivity contribution in [3.63, 3.8) is 0 Å². The molecule has 1 aliphatic heterocycles. The van der Waals surface area contributed by atoms with E-state index < -0.39 is 23.3 Å². The second kappa shape index (κ2) is 9.07. The molecule has 1 N–H and O–H groups in total. The van der Waals surface area contributed by atoms with Crippen LogP contribution in [0.1, 0.15) is 18.9 Å². The van der Waals surface area contributed by atoms with Gasteiger partial charge in [-0.3, -0.25) is 4.90 Å². The van der Waals surface area contributed by atoms with Crippen LogP contribution in [0.15, 0.2) is 55.2 Å². The monoisotopic (exact) mass is 428 g/mol. The summed E-state index contributed by atoms with van der Waals surface area (Å²) < 4.78 is 29.8. The van der Waals surface area contributed by atoms with Crippen molar-refractivity contribution in [2.24, 2.45) is 0 Å². The Bertz CT molecular complexity index is 987. The third-order valence-electron chi connectivity index (χ3n) is 6.01. The predicted molar refractivity (Wildman–Crippen MR) is 112 cm³/mol. The Morgan fingerprint density at radius 1 is 1.13 bits per heavy atom. The van der Waals surface area contributed by atoms with Gasteiger partial charge in [-0.15, -0.1) is 0 Å². The van der Waals surface area contributed by atoms with Crippen LogP contribution < -0.4 is 4.90 Å². The Morgan fingerprint density at radius 2 is 2.00 bits per heavy atom. The summed E-state index contributed by atoms with van der Waals surface area (Å²) >= 11 is 0. The number of aliphatic hydroxyl groups is 1. The molecule has 164 valence electrons. The summed E-state index contributed by atoms with van der Waals surface area (Å²) in [7, 11) is 0. The summed E-state index contributed by atoms with van der Waals surface area (Å²) in [4.78, 5) is 12.7. The van der Waals surface area contributed by atoms with Crippen molar-refractivity contribution in [2.45, 2.75) is 31.5 Å². The summed E-state index contributed by atoms with van der Waals surface area (Å²) in [6, 6.07) is 8.66. The third kappa shape index (κ3) is 4.57. The number of aromatic nitrogens is 4. The number of rotatable bonds is 6. The van der Waals surface area contributed by atoms with E-state index in [4.69, 9.17) is 0 Å². The van der Waals surface area contributed by atoms with Gasteiger partial charge in [0.25, 0.3) is 0 Å². The van der Waals surface area contributed by atoms with Crippen LogP contribution in [0.3, 0.4) is 0 Å². The summed E-state index contributed by atoms with van der Waals surface area (Å²) in [5.74, 6) is -0.545. The van der Waals surface area contributed by atoms with Gasteiger partial charge < -0.3 is 10.0 Å². The molecule has 0 aliphatic carbocycles. The van der Waals surface area contributed by atoms with E-state index in [0.29, 0.717) is 6.54 Å². The molecule has 0 amide bonds. The summed E-state index contributed by atoms with van der Waals surface area (Å²) in [6.07, 6.45) is 5.48. The zero-order valence-corrected chi connectivity index (χ0v) is 17.4. The molecule has 0 unspecified atom stereocenters. The molecule has 1 saturated heterocycles. The minimum absolute atomic E-state index is 0.00280. The van der Waals surface area contributed by atoms with Gasteiger partial charge in [0.05, 0.1) is 6.54 Å². The van der Waals surface area contributed by atoms with E-state index in [0.717, 1.165) is 37.9 Å². The first-order chi connectivity index (χ1) is 15.0. The van der Waals surface area contributed by atoms with E-state index in [-0.39, 0.29) is 12.1 Å². The van der Waals surface area contributed by atoms with Crippen molar-refractivity contribution in [1.29, 1.82) is 0 Å². The molecule has 0 radical (unpaired) electrons. The maximum Gasteiger partial charge on any atom is 0.137 e. The number of benzene rings is 1. The average molecular weight is 428 g/mol. The number of pyridine rings is 1. The van der Waals surface area contributed by atoms with Gasteiger partial charge in [0, 0.05) is 50.0 Å². The number of hydrogen-bond donors (Lipinski definition) is 1. The van der Waals surface area contributed by atoms with Crippen LogP contribution in [0.25, 0.3) is 0 Å². The third-order valence-corrected chi connectivity index (χ3v) is 6.01. The molecule has 1 fully saturated rings. The minimum atomic E-state index is -1.63.